The number of benzene rings is 1. The van der Waals surface area contributed by atoms with Crippen LogP contribution in [0.3, 0.4) is 0 Å². The zero-order valence-electron chi connectivity index (χ0n) is 12.7. The molecule has 0 fully saturated rings. The molecule has 0 saturated carbocycles. The maximum absolute atomic E-state index is 11.9. The summed E-state index contributed by atoms with van der Waals surface area (Å²) in [7, 11) is 0. The molecule has 9 heteroatoms. The van der Waals surface area contributed by atoms with Gasteiger partial charge in [0, 0.05) is 19.5 Å². The first-order valence-electron chi connectivity index (χ1n) is 6.79. The second kappa shape index (κ2) is 8.47. The molecule has 1 atom stereocenters. The topological polar surface area (TPSA) is 128 Å². The van der Waals surface area contributed by atoms with Gasteiger partial charge < -0.3 is 15.4 Å². The Kier molecular flexibility index (Phi) is 6.66. The van der Waals surface area contributed by atoms with Crippen LogP contribution >= 0.6 is 0 Å². The number of hydrogen-bond acceptors (Lipinski definition) is 6. The van der Waals surface area contributed by atoms with Crippen molar-refractivity contribution in [3.8, 4) is 0 Å². The predicted molar refractivity (Wildman–Crippen MR) is 80.6 cm³/mol. The van der Waals surface area contributed by atoms with Gasteiger partial charge in [-0.1, -0.05) is 12.1 Å². The highest BCUT2D eigenvalue weighted by Gasteiger charge is 2.21. The van der Waals surface area contributed by atoms with E-state index in [1.54, 1.807) is 0 Å². The van der Waals surface area contributed by atoms with Gasteiger partial charge >= 0.3 is 5.97 Å². The lowest BCUT2D eigenvalue weighted by molar-refractivity contribution is -0.383. The van der Waals surface area contributed by atoms with Crippen molar-refractivity contribution in [3.05, 3.63) is 34.4 Å². The molecule has 0 saturated heterocycles. The van der Waals surface area contributed by atoms with Gasteiger partial charge in [0.2, 0.25) is 5.91 Å². The number of para-hydroxylation sites is 2. The molecule has 0 aliphatic rings. The third-order valence-corrected chi connectivity index (χ3v) is 2.74. The zero-order chi connectivity index (χ0) is 17.4. The van der Waals surface area contributed by atoms with E-state index >= 15 is 0 Å². The highest BCUT2D eigenvalue weighted by molar-refractivity contribution is 5.96. The Labute approximate surface area is 132 Å². The zero-order valence-corrected chi connectivity index (χ0v) is 12.7. The Balaban J connectivity index is 2.56. The molecular weight excluding hydrogens is 306 g/mol. The van der Waals surface area contributed by atoms with Crippen molar-refractivity contribution in [2.24, 2.45) is 0 Å². The van der Waals surface area contributed by atoms with Crippen molar-refractivity contribution in [2.75, 3.05) is 11.9 Å². The molecule has 124 valence electrons. The molecule has 2 N–H and O–H groups in total. The SMILES string of the molecule is CC(=O)NCCC(=O)O[C@H](C)C(=O)Nc1ccccc1[N+](=O)[O-]. The molecule has 0 aromatic heterocycles. The normalized spacial score (nSPS) is 11.2. The Morgan fingerprint density at radius 3 is 2.57 bits per heavy atom. The third kappa shape index (κ3) is 6.12. The van der Waals surface area contributed by atoms with E-state index in [4.69, 9.17) is 4.74 Å². The molecule has 1 aromatic carbocycles. The average Bonchev–Trinajstić information content (AvgIpc) is 2.46. The predicted octanol–water partition coefficient (Wildman–Crippen LogP) is 0.991. The second-order valence-corrected chi connectivity index (χ2v) is 4.63. The van der Waals surface area contributed by atoms with Gasteiger partial charge in [-0.3, -0.25) is 24.5 Å². The van der Waals surface area contributed by atoms with Crippen LogP contribution < -0.4 is 10.6 Å². The van der Waals surface area contributed by atoms with Gasteiger partial charge in [0.25, 0.3) is 11.6 Å². The van der Waals surface area contributed by atoms with Crippen molar-refractivity contribution in [1.82, 2.24) is 5.32 Å². The maximum atomic E-state index is 11.9. The summed E-state index contributed by atoms with van der Waals surface area (Å²) in [5.74, 6) is -1.63. The summed E-state index contributed by atoms with van der Waals surface area (Å²) in [6.45, 7) is 2.77. The van der Waals surface area contributed by atoms with Crippen molar-refractivity contribution in [2.45, 2.75) is 26.4 Å². The number of nitro groups is 1. The average molecular weight is 323 g/mol. The van der Waals surface area contributed by atoms with E-state index < -0.39 is 22.9 Å². The maximum Gasteiger partial charge on any atom is 0.308 e. The Morgan fingerprint density at radius 1 is 1.30 bits per heavy atom. The van der Waals surface area contributed by atoms with Crippen LogP contribution in [0.4, 0.5) is 11.4 Å². The molecule has 0 spiro atoms. The summed E-state index contributed by atoms with van der Waals surface area (Å²) in [5.41, 5.74) is -0.242. The van der Waals surface area contributed by atoms with Crippen LogP contribution in [0.15, 0.2) is 24.3 Å². The van der Waals surface area contributed by atoms with E-state index in [9.17, 15) is 24.5 Å². The van der Waals surface area contributed by atoms with Gasteiger partial charge in [-0.25, -0.2) is 0 Å². The lowest BCUT2D eigenvalue weighted by Crippen LogP contribution is -2.31. The van der Waals surface area contributed by atoms with Gasteiger partial charge in [-0.05, 0) is 13.0 Å². The number of carbonyl (C=O) groups is 3. The van der Waals surface area contributed by atoms with Crippen molar-refractivity contribution >= 4 is 29.2 Å². The molecule has 1 rings (SSSR count). The molecule has 9 nitrogen and oxygen atoms in total. The van der Waals surface area contributed by atoms with E-state index in [1.165, 1.54) is 38.1 Å². The van der Waals surface area contributed by atoms with Crippen LogP contribution in [-0.4, -0.2) is 35.4 Å². The number of ether oxygens (including phenoxy) is 1. The lowest BCUT2D eigenvalue weighted by Gasteiger charge is -2.13. The summed E-state index contributed by atoms with van der Waals surface area (Å²) < 4.78 is 4.89. The number of esters is 1. The number of rotatable bonds is 7. The largest absolute Gasteiger partial charge is 0.452 e. The second-order valence-electron chi connectivity index (χ2n) is 4.63. The van der Waals surface area contributed by atoms with Crippen LogP contribution in [0.5, 0.6) is 0 Å². The minimum atomic E-state index is -1.13. The highest BCUT2D eigenvalue weighted by Crippen LogP contribution is 2.23. The molecule has 23 heavy (non-hydrogen) atoms. The molecular formula is C14H17N3O6. The fraction of sp³-hybridized carbons (Fsp3) is 0.357. The first-order chi connectivity index (χ1) is 10.8. The molecule has 0 aliphatic carbocycles. The van der Waals surface area contributed by atoms with Crippen LogP contribution in [0.1, 0.15) is 20.3 Å². The van der Waals surface area contributed by atoms with Crippen LogP contribution in [0.25, 0.3) is 0 Å². The number of nitro benzene ring substituents is 1. The van der Waals surface area contributed by atoms with Gasteiger partial charge in [-0.15, -0.1) is 0 Å². The molecule has 2 amide bonds. The minimum Gasteiger partial charge on any atom is -0.452 e. The van der Waals surface area contributed by atoms with Gasteiger partial charge in [-0.2, -0.15) is 0 Å². The lowest BCUT2D eigenvalue weighted by atomic mass is 10.2. The van der Waals surface area contributed by atoms with Gasteiger partial charge in [0.05, 0.1) is 11.3 Å². The summed E-state index contributed by atoms with van der Waals surface area (Å²) in [4.78, 5) is 44.3. The molecule has 0 heterocycles. The number of anilines is 1. The van der Waals surface area contributed by atoms with E-state index in [2.05, 4.69) is 10.6 Å². The first kappa shape index (κ1) is 18.1. The fourth-order valence-corrected chi connectivity index (χ4v) is 1.62. The van der Waals surface area contributed by atoms with E-state index in [1.807, 2.05) is 0 Å². The number of amides is 2. The van der Waals surface area contributed by atoms with E-state index in [-0.39, 0.29) is 30.2 Å². The summed E-state index contributed by atoms with van der Waals surface area (Å²) in [6.07, 6.45) is -1.21. The van der Waals surface area contributed by atoms with Gasteiger partial charge in [0.15, 0.2) is 6.10 Å². The number of carbonyl (C=O) groups excluding carboxylic acids is 3. The quantitative estimate of drug-likeness (QED) is 0.437. The number of nitrogens with zero attached hydrogens (tertiary/aromatic N) is 1. The van der Waals surface area contributed by atoms with E-state index in [0.29, 0.717) is 0 Å². The molecule has 1 aromatic rings. The molecule has 0 aliphatic heterocycles. The smallest absolute Gasteiger partial charge is 0.308 e. The number of hydrogen-bond donors (Lipinski definition) is 2. The first-order valence-corrected chi connectivity index (χ1v) is 6.79. The summed E-state index contributed by atoms with van der Waals surface area (Å²) in [5, 5.41) is 15.6. The number of nitrogens with one attached hydrogen (secondary N) is 2. The molecule has 0 radical (unpaired) electrons. The van der Waals surface area contributed by atoms with Crippen LogP contribution in [0, 0.1) is 10.1 Å². The Hall–Kier alpha value is -2.97. The molecule has 0 bridgehead atoms. The van der Waals surface area contributed by atoms with Crippen molar-refractivity contribution in [3.63, 3.8) is 0 Å². The Bertz CT molecular complexity index is 616. The fourth-order valence-electron chi connectivity index (χ4n) is 1.62. The monoisotopic (exact) mass is 323 g/mol. The standard InChI is InChI=1S/C14H17N3O6/c1-9(23-13(19)7-8-15-10(2)18)14(20)16-11-5-3-4-6-12(11)17(21)22/h3-6,9H,7-8H2,1-2H3,(H,15,18)(H,16,20)/t9-/m1/s1. The summed E-state index contributed by atoms with van der Waals surface area (Å²) in [6, 6.07) is 5.63. The minimum absolute atomic E-state index is 0.0173. The van der Waals surface area contributed by atoms with Crippen LogP contribution in [0.2, 0.25) is 0 Å². The Morgan fingerprint density at radius 2 is 1.96 bits per heavy atom. The molecule has 0 unspecified atom stereocenters. The summed E-state index contributed by atoms with van der Waals surface area (Å²) >= 11 is 0. The van der Waals surface area contributed by atoms with Crippen LogP contribution in [-0.2, 0) is 19.1 Å². The van der Waals surface area contributed by atoms with Crippen molar-refractivity contribution in [1.29, 1.82) is 0 Å². The van der Waals surface area contributed by atoms with E-state index in [0.717, 1.165) is 0 Å². The third-order valence-electron chi connectivity index (χ3n) is 2.74. The highest BCUT2D eigenvalue weighted by atomic mass is 16.6. The van der Waals surface area contributed by atoms with Gasteiger partial charge in [0.1, 0.15) is 5.69 Å². The van der Waals surface area contributed by atoms with Crippen molar-refractivity contribution < 1.29 is 24.0 Å².